The van der Waals surface area contributed by atoms with Crippen molar-refractivity contribution in [2.24, 2.45) is 5.92 Å². The van der Waals surface area contributed by atoms with E-state index in [2.05, 4.69) is 10.3 Å². The second-order valence-corrected chi connectivity index (χ2v) is 6.38. The summed E-state index contributed by atoms with van der Waals surface area (Å²) in [6, 6.07) is 7.03. The van der Waals surface area contributed by atoms with Crippen molar-refractivity contribution in [2.75, 3.05) is 13.1 Å². The number of nitrogens with one attached hydrogen (secondary N) is 1. The molecule has 6 nitrogen and oxygen atoms in total. The third-order valence-electron chi connectivity index (χ3n) is 4.20. The predicted molar refractivity (Wildman–Crippen MR) is 91.5 cm³/mol. The Labute approximate surface area is 142 Å². The summed E-state index contributed by atoms with van der Waals surface area (Å²) in [4.78, 5) is 18.4. The number of nitrogens with zero attached hydrogens (tertiary/aromatic N) is 3. The molecule has 1 aliphatic carbocycles. The second-order valence-electron chi connectivity index (χ2n) is 6.38. The first-order chi connectivity index (χ1) is 11.7. The van der Waals surface area contributed by atoms with Gasteiger partial charge in [0.2, 0.25) is 0 Å². The molecule has 1 fully saturated rings. The zero-order valence-electron chi connectivity index (χ0n) is 13.8. The van der Waals surface area contributed by atoms with Crippen LogP contribution in [0.2, 0.25) is 0 Å². The van der Waals surface area contributed by atoms with E-state index < -0.39 is 0 Å². The molecular formula is C18H24N4O2. The first-order valence-corrected chi connectivity index (χ1v) is 8.47. The van der Waals surface area contributed by atoms with E-state index in [9.17, 15) is 9.90 Å². The first-order valence-electron chi connectivity index (χ1n) is 8.47. The van der Waals surface area contributed by atoms with Gasteiger partial charge in [-0.15, -0.1) is 0 Å². The normalized spacial score (nSPS) is 13.7. The molecule has 1 aliphatic rings. The fourth-order valence-electron chi connectivity index (χ4n) is 2.64. The maximum absolute atomic E-state index is 12.5. The number of hydrogen-bond donors (Lipinski definition) is 2. The van der Waals surface area contributed by atoms with E-state index >= 15 is 0 Å². The van der Waals surface area contributed by atoms with Crippen LogP contribution in [0, 0.1) is 5.92 Å². The van der Waals surface area contributed by atoms with Gasteiger partial charge in [0.1, 0.15) is 5.75 Å². The molecular weight excluding hydrogens is 304 g/mol. The number of imidazole rings is 1. The monoisotopic (exact) mass is 328 g/mol. The molecule has 0 aliphatic heterocycles. The van der Waals surface area contributed by atoms with Gasteiger partial charge in [-0.2, -0.15) is 0 Å². The largest absolute Gasteiger partial charge is 0.508 e. The van der Waals surface area contributed by atoms with Crippen LogP contribution in [-0.2, 0) is 13.1 Å². The lowest BCUT2D eigenvalue weighted by molar-refractivity contribution is 0.192. The van der Waals surface area contributed by atoms with Gasteiger partial charge in [-0.25, -0.2) is 9.78 Å². The molecule has 0 atom stereocenters. The number of aryl methyl sites for hydroxylation is 1. The van der Waals surface area contributed by atoms with Crippen molar-refractivity contribution in [3.05, 3.63) is 48.5 Å². The van der Waals surface area contributed by atoms with E-state index in [0.29, 0.717) is 19.0 Å². The molecule has 0 unspecified atom stereocenters. The average Bonchev–Trinajstić information content (AvgIpc) is 3.25. The predicted octanol–water partition coefficient (Wildman–Crippen LogP) is 2.60. The number of rotatable bonds is 8. The minimum atomic E-state index is -0.0133. The van der Waals surface area contributed by atoms with Crippen molar-refractivity contribution in [2.45, 2.75) is 32.4 Å². The van der Waals surface area contributed by atoms with Gasteiger partial charge in [-0.1, -0.05) is 12.1 Å². The second kappa shape index (κ2) is 7.86. The molecule has 2 aromatic rings. The molecule has 0 saturated heterocycles. The highest BCUT2D eigenvalue weighted by atomic mass is 16.3. The zero-order chi connectivity index (χ0) is 16.8. The fourth-order valence-corrected chi connectivity index (χ4v) is 2.64. The van der Waals surface area contributed by atoms with Crippen LogP contribution in [0.4, 0.5) is 4.79 Å². The third kappa shape index (κ3) is 5.01. The van der Waals surface area contributed by atoms with Crippen LogP contribution in [-0.4, -0.2) is 38.7 Å². The number of urea groups is 1. The summed E-state index contributed by atoms with van der Waals surface area (Å²) in [5, 5.41) is 12.4. The van der Waals surface area contributed by atoms with Gasteiger partial charge in [0, 0.05) is 38.6 Å². The standard InChI is InChI=1S/C18H24N4O2/c23-17-6-4-16(5-7-17)13-22(12-15-2-3-15)18(24)20-8-1-10-21-11-9-19-14-21/h4-7,9,11,14-15,23H,1-3,8,10,12-13H2,(H,20,24). The molecule has 1 aromatic carbocycles. The van der Waals surface area contributed by atoms with E-state index in [1.165, 1.54) is 12.8 Å². The van der Waals surface area contributed by atoms with Crippen molar-refractivity contribution in [1.82, 2.24) is 19.8 Å². The Morgan fingerprint density at radius 2 is 2.12 bits per heavy atom. The van der Waals surface area contributed by atoms with Crippen LogP contribution < -0.4 is 5.32 Å². The summed E-state index contributed by atoms with van der Waals surface area (Å²) in [6.45, 7) is 2.87. The zero-order valence-corrected chi connectivity index (χ0v) is 13.8. The summed E-state index contributed by atoms with van der Waals surface area (Å²) in [6.07, 6.45) is 8.75. The van der Waals surface area contributed by atoms with E-state index in [1.54, 1.807) is 24.7 Å². The number of hydrogen-bond acceptors (Lipinski definition) is 3. The van der Waals surface area contributed by atoms with Gasteiger partial charge < -0.3 is 19.9 Å². The molecule has 2 amide bonds. The fraction of sp³-hybridized carbons (Fsp3) is 0.444. The lowest BCUT2D eigenvalue weighted by atomic mass is 10.2. The van der Waals surface area contributed by atoms with Crippen molar-refractivity contribution in [1.29, 1.82) is 0 Å². The van der Waals surface area contributed by atoms with Crippen molar-refractivity contribution < 1.29 is 9.90 Å². The topological polar surface area (TPSA) is 70.4 Å². The molecule has 0 bridgehead atoms. The highest BCUT2D eigenvalue weighted by molar-refractivity contribution is 5.74. The molecule has 6 heteroatoms. The Kier molecular flexibility index (Phi) is 5.36. The molecule has 0 radical (unpaired) electrons. The molecule has 2 N–H and O–H groups in total. The Balaban J connectivity index is 1.48. The minimum absolute atomic E-state index is 0.0133. The quantitative estimate of drug-likeness (QED) is 0.732. The van der Waals surface area contributed by atoms with E-state index in [1.807, 2.05) is 27.8 Å². The highest BCUT2D eigenvalue weighted by Crippen LogP contribution is 2.30. The van der Waals surface area contributed by atoms with Gasteiger partial charge >= 0.3 is 6.03 Å². The molecule has 0 spiro atoms. The van der Waals surface area contributed by atoms with Crippen LogP contribution in [0.5, 0.6) is 5.75 Å². The average molecular weight is 328 g/mol. The lowest BCUT2D eigenvalue weighted by Gasteiger charge is -2.23. The third-order valence-corrected chi connectivity index (χ3v) is 4.20. The maximum Gasteiger partial charge on any atom is 0.317 e. The Morgan fingerprint density at radius 1 is 1.33 bits per heavy atom. The van der Waals surface area contributed by atoms with Gasteiger partial charge in [0.05, 0.1) is 6.33 Å². The van der Waals surface area contributed by atoms with Crippen LogP contribution >= 0.6 is 0 Å². The molecule has 24 heavy (non-hydrogen) atoms. The number of aromatic hydroxyl groups is 1. The summed E-state index contributed by atoms with van der Waals surface area (Å²) in [5.41, 5.74) is 1.03. The van der Waals surface area contributed by atoms with Crippen LogP contribution in [0.3, 0.4) is 0 Å². The number of carbonyl (C=O) groups excluding carboxylic acids is 1. The van der Waals surface area contributed by atoms with Crippen molar-refractivity contribution in [3.8, 4) is 5.75 Å². The Morgan fingerprint density at radius 3 is 2.79 bits per heavy atom. The Bertz CT molecular complexity index is 636. The van der Waals surface area contributed by atoms with Gasteiger partial charge in [-0.3, -0.25) is 0 Å². The van der Waals surface area contributed by atoms with E-state index in [-0.39, 0.29) is 11.8 Å². The molecule has 1 saturated carbocycles. The van der Waals surface area contributed by atoms with Crippen LogP contribution in [0.1, 0.15) is 24.8 Å². The summed E-state index contributed by atoms with van der Waals surface area (Å²) in [5.74, 6) is 0.884. The summed E-state index contributed by atoms with van der Waals surface area (Å²) in [7, 11) is 0. The van der Waals surface area contributed by atoms with Crippen molar-refractivity contribution >= 4 is 6.03 Å². The first kappa shape index (κ1) is 16.4. The molecule has 1 aromatic heterocycles. The maximum atomic E-state index is 12.5. The molecule has 1 heterocycles. The summed E-state index contributed by atoms with van der Waals surface area (Å²) >= 11 is 0. The van der Waals surface area contributed by atoms with E-state index in [4.69, 9.17) is 0 Å². The summed E-state index contributed by atoms with van der Waals surface area (Å²) < 4.78 is 2.00. The number of phenols is 1. The SMILES string of the molecule is O=C(NCCCn1ccnc1)N(Cc1ccc(O)cc1)CC1CC1. The number of phenolic OH excluding ortho intramolecular Hbond substituents is 1. The van der Waals surface area contributed by atoms with Gasteiger partial charge in [-0.05, 0) is 42.9 Å². The molecule has 128 valence electrons. The lowest BCUT2D eigenvalue weighted by Crippen LogP contribution is -2.41. The number of carbonyl (C=O) groups is 1. The molecule has 3 rings (SSSR count). The number of benzene rings is 1. The highest BCUT2D eigenvalue weighted by Gasteiger charge is 2.26. The van der Waals surface area contributed by atoms with Crippen LogP contribution in [0.25, 0.3) is 0 Å². The minimum Gasteiger partial charge on any atom is -0.508 e. The smallest absolute Gasteiger partial charge is 0.317 e. The number of aromatic nitrogens is 2. The van der Waals surface area contributed by atoms with Crippen molar-refractivity contribution in [3.63, 3.8) is 0 Å². The van der Waals surface area contributed by atoms with Gasteiger partial charge in [0.15, 0.2) is 0 Å². The van der Waals surface area contributed by atoms with Gasteiger partial charge in [0.25, 0.3) is 0 Å². The number of amides is 2. The Hall–Kier alpha value is -2.50. The van der Waals surface area contributed by atoms with Crippen LogP contribution in [0.15, 0.2) is 43.0 Å². The van der Waals surface area contributed by atoms with E-state index in [0.717, 1.165) is 25.1 Å².